The van der Waals surface area contributed by atoms with Crippen LogP contribution in [0.2, 0.25) is 0 Å². The van der Waals surface area contributed by atoms with Crippen LogP contribution >= 0.6 is 7.82 Å². The first-order valence-corrected chi connectivity index (χ1v) is 13.9. The van der Waals surface area contributed by atoms with E-state index in [1.165, 1.54) is 42.9 Å². The molecule has 4 heterocycles. The summed E-state index contributed by atoms with van der Waals surface area (Å²) in [4.78, 5) is 62.8. The third kappa shape index (κ3) is 6.02. The molecule has 0 aromatic carbocycles. The molecular weight excluding hydrogens is 514 g/mol. The Morgan fingerprint density at radius 2 is 1.51 bits per heavy atom. The van der Waals surface area contributed by atoms with Crippen LogP contribution in [-0.2, 0) is 18.5 Å². The van der Waals surface area contributed by atoms with E-state index in [1.807, 2.05) is 0 Å². The number of rotatable bonds is 8. The summed E-state index contributed by atoms with van der Waals surface area (Å²) in [5, 5.41) is 20.2. The summed E-state index contributed by atoms with van der Waals surface area (Å²) in [5.41, 5.74) is -1.80. The number of H-pyrrole nitrogens is 2. The maximum atomic E-state index is 12.2. The van der Waals surface area contributed by atoms with Crippen LogP contribution < -0.4 is 22.5 Å². The van der Waals surface area contributed by atoms with Crippen molar-refractivity contribution in [2.45, 2.75) is 63.6 Å². The molecule has 2 aliphatic heterocycles. The van der Waals surface area contributed by atoms with Crippen molar-refractivity contribution in [3.8, 4) is 0 Å². The summed E-state index contributed by atoms with van der Waals surface area (Å²) in [6, 6.07) is 0. The molecule has 37 heavy (non-hydrogen) atoms. The summed E-state index contributed by atoms with van der Waals surface area (Å²) in [6.07, 6.45) is -2.49. The molecule has 2 saturated heterocycles. The van der Waals surface area contributed by atoms with E-state index in [4.69, 9.17) is 18.5 Å². The Kier molecular flexibility index (Phi) is 8.02. The summed E-state index contributed by atoms with van der Waals surface area (Å²) in [7, 11) is -2.51. The SMILES string of the molecule is B[PH](O)(OCC1O[C@@H](n2cc(C)c(=O)[nH]c2=O)C[C@H]1O)O[C@@H]1C[C@H](n2cc(C)c(=O)[nH]c2=O)OC1CO. The summed E-state index contributed by atoms with van der Waals surface area (Å²) < 4.78 is 25.2. The van der Waals surface area contributed by atoms with Crippen molar-refractivity contribution < 1.29 is 33.6 Å². The monoisotopic (exact) mass is 544 g/mol. The van der Waals surface area contributed by atoms with Gasteiger partial charge in [-0.05, 0) is 0 Å². The Bertz CT molecular complexity index is 1370. The van der Waals surface area contributed by atoms with E-state index in [1.54, 1.807) is 0 Å². The molecule has 0 radical (unpaired) electrons. The number of hydrogen-bond donors (Lipinski definition) is 5. The van der Waals surface area contributed by atoms with Gasteiger partial charge in [-0.25, -0.2) is 0 Å². The van der Waals surface area contributed by atoms with Gasteiger partial charge in [-0.2, -0.15) is 0 Å². The zero-order chi connectivity index (χ0) is 27.1. The number of hydrogen-bond acceptors (Lipinski definition) is 11. The predicted molar refractivity (Wildman–Crippen MR) is 132 cm³/mol. The van der Waals surface area contributed by atoms with Gasteiger partial charge in [0.25, 0.3) is 0 Å². The van der Waals surface area contributed by atoms with Crippen molar-refractivity contribution >= 4 is 15.4 Å². The van der Waals surface area contributed by atoms with Crippen LogP contribution in [0.25, 0.3) is 0 Å². The number of nitrogens with zero attached hydrogens (tertiary/aromatic N) is 2. The summed E-state index contributed by atoms with van der Waals surface area (Å²) in [6.45, 7) is 2.35. The van der Waals surface area contributed by atoms with E-state index in [-0.39, 0.29) is 19.4 Å². The summed E-state index contributed by atoms with van der Waals surface area (Å²) in [5.74, 6) is 0. The van der Waals surface area contributed by atoms with Gasteiger partial charge in [-0.15, -0.1) is 0 Å². The van der Waals surface area contributed by atoms with Gasteiger partial charge in [0.1, 0.15) is 0 Å². The molecule has 2 unspecified atom stereocenters. The van der Waals surface area contributed by atoms with Gasteiger partial charge in [0.05, 0.1) is 0 Å². The predicted octanol–water partition coefficient (Wildman–Crippen LogP) is -2.93. The van der Waals surface area contributed by atoms with E-state index in [2.05, 4.69) is 9.97 Å². The summed E-state index contributed by atoms with van der Waals surface area (Å²) >= 11 is 0. The molecule has 2 fully saturated rings. The minimum absolute atomic E-state index is 0.0576. The first-order valence-electron chi connectivity index (χ1n) is 11.7. The Balaban J connectivity index is 1.39. The van der Waals surface area contributed by atoms with Gasteiger partial charge < -0.3 is 0 Å². The van der Waals surface area contributed by atoms with Gasteiger partial charge in [-0.1, -0.05) is 0 Å². The van der Waals surface area contributed by atoms with Crippen molar-refractivity contribution in [2.75, 3.05) is 13.2 Å². The van der Waals surface area contributed by atoms with Gasteiger partial charge in [0, 0.05) is 0 Å². The number of aliphatic hydroxyl groups is 2. The van der Waals surface area contributed by atoms with Crippen molar-refractivity contribution in [1.29, 1.82) is 0 Å². The molecule has 204 valence electrons. The van der Waals surface area contributed by atoms with E-state index in [0.29, 0.717) is 11.1 Å². The standard InChI is InChI=1S/C20H30BN4O11P/c1-9-5-24(19(30)22-17(9)28)15-3-11(27)14(35-15)8-33-37(21,32)36-12-4-16(34-13(12)7-26)25-6-10(2)18(29)23-20(25)31/h5-6,11-16,26-27,32,37H,3-4,7-8,21H2,1-2H3,(H,22,28,30)(H,23,29,31)/t11-,12-,13?,14?,15-,16-/m1/s1. The number of aromatic amines is 2. The molecule has 5 N–H and O–H groups in total. The molecule has 6 atom stereocenters. The average Bonchev–Trinajstić information content (AvgIpc) is 3.39. The molecule has 0 spiro atoms. The van der Waals surface area contributed by atoms with E-state index < -0.39 is 73.8 Å². The molecule has 0 amide bonds. The first-order chi connectivity index (χ1) is 17.4. The molecule has 0 aliphatic carbocycles. The number of aromatic nitrogens is 4. The number of ether oxygens (including phenoxy) is 2. The van der Waals surface area contributed by atoms with Crippen LogP contribution in [0.5, 0.6) is 0 Å². The van der Waals surface area contributed by atoms with E-state index in [9.17, 15) is 34.3 Å². The van der Waals surface area contributed by atoms with Crippen molar-refractivity contribution in [2.24, 2.45) is 0 Å². The number of nitrogens with one attached hydrogen (secondary N) is 2. The normalized spacial score (nSPS) is 28.6. The topological polar surface area (TPSA) is 207 Å². The number of aryl methyl sites for hydroxylation is 2. The van der Waals surface area contributed by atoms with Crippen LogP contribution in [-0.4, -0.2) is 79.4 Å². The van der Waals surface area contributed by atoms with E-state index in [0.717, 1.165) is 0 Å². The van der Waals surface area contributed by atoms with Crippen LogP contribution in [0.15, 0.2) is 31.6 Å². The third-order valence-corrected chi connectivity index (χ3v) is 7.80. The zero-order valence-corrected chi connectivity index (χ0v) is 21.4. The maximum absolute atomic E-state index is 12.2. The van der Waals surface area contributed by atoms with Crippen LogP contribution in [0.3, 0.4) is 0 Å². The second-order valence-corrected chi connectivity index (χ2v) is 11.6. The Morgan fingerprint density at radius 1 is 1.00 bits per heavy atom. The third-order valence-electron chi connectivity index (χ3n) is 6.36. The van der Waals surface area contributed by atoms with Crippen LogP contribution in [0, 0.1) is 13.8 Å². The van der Waals surface area contributed by atoms with Gasteiger partial charge >= 0.3 is 210 Å². The fourth-order valence-corrected chi connectivity index (χ4v) is 5.70. The number of aliphatic hydroxyl groups excluding tert-OH is 2. The Labute approximate surface area is 210 Å². The minimum atomic E-state index is -3.86. The quantitative estimate of drug-likeness (QED) is 0.168. The zero-order valence-electron chi connectivity index (χ0n) is 20.4. The van der Waals surface area contributed by atoms with Gasteiger partial charge in [-0.3, -0.25) is 0 Å². The average molecular weight is 544 g/mol. The molecule has 0 saturated carbocycles. The molecule has 4 rings (SSSR count). The molecule has 17 heteroatoms. The van der Waals surface area contributed by atoms with Crippen LogP contribution in [0.4, 0.5) is 0 Å². The van der Waals surface area contributed by atoms with Crippen molar-refractivity contribution in [1.82, 2.24) is 19.1 Å². The molecular formula is C20H30BN4O11P. The molecule has 2 aromatic rings. The fourth-order valence-electron chi connectivity index (χ4n) is 4.35. The Morgan fingerprint density at radius 3 is 2.05 bits per heavy atom. The van der Waals surface area contributed by atoms with Gasteiger partial charge in [0.15, 0.2) is 0 Å². The molecule has 15 nitrogen and oxygen atoms in total. The van der Waals surface area contributed by atoms with Crippen molar-refractivity contribution in [3.63, 3.8) is 0 Å². The molecule has 2 aromatic heterocycles. The molecule has 2 aliphatic rings. The second-order valence-electron chi connectivity index (χ2n) is 9.30. The Hall–Kier alpha value is -2.43. The van der Waals surface area contributed by atoms with Crippen molar-refractivity contribution in [3.05, 3.63) is 65.2 Å². The van der Waals surface area contributed by atoms with E-state index >= 15 is 0 Å². The van der Waals surface area contributed by atoms with Gasteiger partial charge in [0.2, 0.25) is 0 Å². The molecule has 0 bridgehead atoms. The van der Waals surface area contributed by atoms with Crippen LogP contribution in [0.1, 0.15) is 36.4 Å². The first kappa shape index (κ1) is 27.6. The second kappa shape index (κ2) is 10.7. The fraction of sp³-hybridized carbons (Fsp3) is 0.600.